The number of aryl methyl sites for hydroxylation is 1. The quantitative estimate of drug-likeness (QED) is 0.338. The maximum absolute atomic E-state index is 13.9. The van der Waals surface area contributed by atoms with Crippen molar-refractivity contribution in [3.05, 3.63) is 72.2 Å². The van der Waals surface area contributed by atoms with Crippen molar-refractivity contribution in [3.8, 4) is 5.75 Å². The number of aromatic nitrogens is 3. The Hall–Kier alpha value is -4.54. The van der Waals surface area contributed by atoms with Crippen molar-refractivity contribution in [2.45, 2.75) is 25.9 Å². The highest BCUT2D eigenvalue weighted by molar-refractivity contribution is 5.92. The van der Waals surface area contributed by atoms with Gasteiger partial charge in [0.15, 0.2) is 0 Å². The van der Waals surface area contributed by atoms with Crippen LogP contribution in [0.5, 0.6) is 5.75 Å². The van der Waals surface area contributed by atoms with Gasteiger partial charge in [0.2, 0.25) is 0 Å². The fraction of sp³-hybridized carbons (Fsp3) is 0.286. The first-order valence-corrected chi connectivity index (χ1v) is 12.6. The number of rotatable bonds is 6. The van der Waals surface area contributed by atoms with Gasteiger partial charge in [0, 0.05) is 57.2 Å². The standard InChI is InChI=1S/C28H29F2N7O2/c1-17-12-19(34-27-21-14-26(36(2)3)31-15-24(21)32-16-33-27)5-7-25(17)39-20-8-10-37(11-9-20)28(38)35-23-13-18(29)4-6-22(23)30/h4-7,12-16,20H,8-11H2,1-3H3,(H,35,38)(H,32,33,34). The number of nitrogens with one attached hydrogen (secondary N) is 2. The van der Waals surface area contributed by atoms with Crippen LogP contribution in [0.2, 0.25) is 0 Å². The topological polar surface area (TPSA) is 95.5 Å². The van der Waals surface area contributed by atoms with E-state index >= 15 is 0 Å². The fourth-order valence-corrected chi connectivity index (χ4v) is 4.43. The summed E-state index contributed by atoms with van der Waals surface area (Å²) < 4.78 is 33.5. The van der Waals surface area contributed by atoms with Crippen LogP contribution < -0.4 is 20.3 Å². The third kappa shape index (κ3) is 5.97. The number of amides is 2. The van der Waals surface area contributed by atoms with E-state index in [-0.39, 0.29) is 11.8 Å². The third-order valence-electron chi connectivity index (χ3n) is 6.60. The summed E-state index contributed by atoms with van der Waals surface area (Å²) in [4.78, 5) is 29.2. The number of fused-ring (bicyclic) bond motifs is 1. The maximum atomic E-state index is 13.9. The van der Waals surface area contributed by atoms with Crippen molar-refractivity contribution in [1.29, 1.82) is 0 Å². The number of hydrogen-bond donors (Lipinski definition) is 2. The zero-order chi connectivity index (χ0) is 27.5. The summed E-state index contributed by atoms with van der Waals surface area (Å²) in [5.41, 5.74) is 2.39. The number of likely N-dealkylation sites (tertiary alicyclic amines) is 1. The van der Waals surface area contributed by atoms with Crippen molar-refractivity contribution in [1.82, 2.24) is 19.9 Å². The predicted molar refractivity (Wildman–Crippen MR) is 147 cm³/mol. The molecule has 1 aliphatic rings. The van der Waals surface area contributed by atoms with Crippen LogP contribution in [0.1, 0.15) is 18.4 Å². The highest BCUT2D eigenvalue weighted by Crippen LogP contribution is 2.29. The minimum absolute atomic E-state index is 0.0692. The smallest absolute Gasteiger partial charge is 0.321 e. The second kappa shape index (κ2) is 11.1. The minimum atomic E-state index is -0.681. The van der Waals surface area contributed by atoms with E-state index in [9.17, 15) is 13.6 Å². The molecule has 2 aromatic carbocycles. The van der Waals surface area contributed by atoms with Crippen LogP contribution in [0, 0.1) is 18.6 Å². The summed E-state index contributed by atoms with van der Waals surface area (Å²) in [7, 11) is 3.86. The fourth-order valence-electron chi connectivity index (χ4n) is 4.43. The maximum Gasteiger partial charge on any atom is 0.321 e. The van der Waals surface area contributed by atoms with E-state index in [2.05, 4.69) is 25.6 Å². The van der Waals surface area contributed by atoms with Gasteiger partial charge >= 0.3 is 6.03 Å². The van der Waals surface area contributed by atoms with E-state index in [4.69, 9.17) is 4.74 Å². The van der Waals surface area contributed by atoms with Crippen molar-refractivity contribution >= 4 is 39.9 Å². The SMILES string of the molecule is Cc1cc(Nc2ncnc3cnc(N(C)C)cc23)ccc1OC1CCN(C(=O)Nc2cc(F)ccc2F)CC1. The highest BCUT2D eigenvalue weighted by atomic mass is 19.1. The molecule has 1 saturated heterocycles. The second-order valence-electron chi connectivity index (χ2n) is 9.64. The molecular weight excluding hydrogens is 504 g/mol. The molecule has 39 heavy (non-hydrogen) atoms. The first-order valence-electron chi connectivity index (χ1n) is 12.6. The lowest BCUT2D eigenvalue weighted by molar-refractivity contribution is 0.115. The summed E-state index contributed by atoms with van der Waals surface area (Å²) >= 11 is 0. The molecule has 0 radical (unpaired) electrons. The summed E-state index contributed by atoms with van der Waals surface area (Å²) in [6.07, 6.45) is 4.41. The molecular formula is C28H29F2N7O2. The lowest BCUT2D eigenvalue weighted by atomic mass is 10.1. The Morgan fingerprint density at radius 3 is 2.59 bits per heavy atom. The molecule has 0 atom stereocenters. The average Bonchev–Trinajstić information content (AvgIpc) is 2.92. The van der Waals surface area contributed by atoms with Crippen molar-refractivity contribution in [2.75, 3.05) is 42.7 Å². The molecule has 0 unspecified atom stereocenters. The van der Waals surface area contributed by atoms with Crippen LogP contribution in [-0.2, 0) is 0 Å². The second-order valence-corrected chi connectivity index (χ2v) is 9.64. The normalized spacial score (nSPS) is 13.8. The predicted octanol–water partition coefficient (Wildman–Crippen LogP) is 5.50. The lowest BCUT2D eigenvalue weighted by Crippen LogP contribution is -2.43. The Labute approximate surface area is 224 Å². The molecule has 0 spiro atoms. The molecule has 4 aromatic rings. The molecule has 3 heterocycles. The van der Waals surface area contributed by atoms with Crippen LogP contribution in [0.3, 0.4) is 0 Å². The number of halogens is 2. The largest absolute Gasteiger partial charge is 0.490 e. The van der Waals surface area contributed by atoms with Gasteiger partial charge in [-0.3, -0.25) is 0 Å². The van der Waals surface area contributed by atoms with E-state index in [1.165, 1.54) is 6.33 Å². The molecule has 1 aliphatic heterocycles. The molecule has 2 aromatic heterocycles. The number of urea groups is 1. The number of ether oxygens (including phenoxy) is 1. The average molecular weight is 534 g/mol. The summed E-state index contributed by atoms with van der Waals surface area (Å²) in [5, 5.41) is 6.69. The van der Waals surface area contributed by atoms with Crippen LogP contribution in [0.4, 0.5) is 36.6 Å². The van der Waals surface area contributed by atoms with Gasteiger partial charge in [-0.2, -0.15) is 0 Å². The minimum Gasteiger partial charge on any atom is -0.490 e. The Morgan fingerprint density at radius 2 is 1.85 bits per heavy atom. The first kappa shape index (κ1) is 26.1. The van der Waals surface area contributed by atoms with Gasteiger partial charge in [0.05, 0.1) is 17.4 Å². The van der Waals surface area contributed by atoms with Crippen molar-refractivity contribution in [3.63, 3.8) is 0 Å². The van der Waals surface area contributed by atoms with Gasteiger partial charge in [-0.15, -0.1) is 0 Å². The Morgan fingerprint density at radius 1 is 1.05 bits per heavy atom. The van der Waals surface area contributed by atoms with Gasteiger partial charge in [-0.1, -0.05) is 0 Å². The number of benzene rings is 2. The van der Waals surface area contributed by atoms with Gasteiger partial charge in [-0.25, -0.2) is 28.5 Å². The zero-order valence-corrected chi connectivity index (χ0v) is 21.9. The van der Waals surface area contributed by atoms with E-state index in [0.717, 1.165) is 51.9 Å². The molecule has 5 rings (SSSR count). The number of pyridine rings is 1. The Balaban J connectivity index is 1.20. The molecule has 0 saturated carbocycles. The number of anilines is 4. The molecule has 2 N–H and O–H groups in total. The highest BCUT2D eigenvalue weighted by Gasteiger charge is 2.25. The molecule has 1 fully saturated rings. The van der Waals surface area contributed by atoms with E-state index in [1.54, 1.807) is 11.1 Å². The monoisotopic (exact) mass is 533 g/mol. The molecule has 0 aliphatic carbocycles. The van der Waals surface area contributed by atoms with Gasteiger partial charge in [-0.05, 0) is 48.9 Å². The lowest BCUT2D eigenvalue weighted by Gasteiger charge is -2.32. The number of nitrogens with zero attached hydrogens (tertiary/aromatic N) is 5. The number of carbonyl (C=O) groups is 1. The van der Waals surface area contributed by atoms with Gasteiger partial charge < -0.3 is 25.2 Å². The van der Waals surface area contributed by atoms with Gasteiger partial charge in [0.25, 0.3) is 0 Å². The molecule has 9 nitrogen and oxygen atoms in total. The zero-order valence-electron chi connectivity index (χ0n) is 21.9. The van der Waals surface area contributed by atoms with Gasteiger partial charge in [0.1, 0.15) is 41.5 Å². The van der Waals surface area contributed by atoms with Crippen molar-refractivity contribution < 1.29 is 18.3 Å². The molecule has 11 heteroatoms. The molecule has 202 valence electrons. The molecule has 2 amide bonds. The van der Waals surface area contributed by atoms with E-state index in [1.807, 2.05) is 50.2 Å². The summed E-state index contributed by atoms with van der Waals surface area (Å²) in [6.45, 7) is 2.86. The number of hydrogen-bond acceptors (Lipinski definition) is 7. The van der Waals surface area contributed by atoms with Crippen LogP contribution in [0.15, 0.2) is 55.0 Å². The third-order valence-corrected chi connectivity index (χ3v) is 6.60. The number of piperidine rings is 1. The Kier molecular flexibility index (Phi) is 7.40. The first-order chi connectivity index (χ1) is 18.8. The van der Waals surface area contributed by atoms with Crippen LogP contribution >= 0.6 is 0 Å². The summed E-state index contributed by atoms with van der Waals surface area (Å²) in [5.74, 6) is 0.959. The van der Waals surface area contributed by atoms with Crippen LogP contribution in [-0.4, -0.2) is 59.2 Å². The Bertz CT molecular complexity index is 1510. The number of carbonyl (C=O) groups excluding carboxylic acids is 1. The van der Waals surface area contributed by atoms with E-state index in [0.29, 0.717) is 31.7 Å². The van der Waals surface area contributed by atoms with E-state index < -0.39 is 17.7 Å². The molecule has 0 bridgehead atoms. The van der Waals surface area contributed by atoms with Crippen molar-refractivity contribution in [2.24, 2.45) is 0 Å². The summed E-state index contributed by atoms with van der Waals surface area (Å²) in [6, 6.07) is 10.3. The van der Waals surface area contributed by atoms with Crippen LogP contribution in [0.25, 0.3) is 10.9 Å².